The summed E-state index contributed by atoms with van der Waals surface area (Å²) >= 11 is 0. The van der Waals surface area contributed by atoms with Gasteiger partial charge in [-0.2, -0.15) is 0 Å². The van der Waals surface area contributed by atoms with Crippen molar-refractivity contribution in [1.82, 2.24) is 0 Å². The topological polar surface area (TPSA) is 83.8 Å². The predicted octanol–water partition coefficient (Wildman–Crippen LogP) is 4.81. The Morgan fingerprint density at radius 1 is 0.963 bits per heavy atom. The monoisotopic (exact) mass is 380 g/mol. The van der Waals surface area contributed by atoms with Crippen molar-refractivity contribution in [3.05, 3.63) is 34.9 Å². The first-order chi connectivity index (χ1) is 12.8. The largest absolute Gasteiger partial charge is 0.481 e. The van der Waals surface area contributed by atoms with E-state index in [4.69, 9.17) is 9.84 Å². The molecule has 0 unspecified atom stereocenters. The maximum absolute atomic E-state index is 11.4. The Bertz CT molecular complexity index is 539. The SMILES string of the molecule is CC(=O)OC/C(=C\CC/C(C)=C/CO)CCC[C@H](CCC=C(C)C)C(=O)O. The molecule has 154 valence electrons. The Hall–Kier alpha value is -1.88. The average Bonchev–Trinajstić information content (AvgIpc) is 2.57. The Morgan fingerprint density at radius 3 is 2.22 bits per heavy atom. The summed E-state index contributed by atoms with van der Waals surface area (Å²) in [6, 6.07) is 0. The zero-order chi connectivity index (χ0) is 20.7. The van der Waals surface area contributed by atoms with E-state index >= 15 is 0 Å². The first kappa shape index (κ1) is 25.1. The molecule has 0 heterocycles. The van der Waals surface area contributed by atoms with Crippen LogP contribution in [0.2, 0.25) is 0 Å². The van der Waals surface area contributed by atoms with E-state index in [1.54, 1.807) is 6.08 Å². The minimum absolute atomic E-state index is 0.0408. The summed E-state index contributed by atoms with van der Waals surface area (Å²) in [6.45, 7) is 7.68. The van der Waals surface area contributed by atoms with Gasteiger partial charge in [0.1, 0.15) is 6.61 Å². The molecule has 0 aliphatic heterocycles. The van der Waals surface area contributed by atoms with Crippen LogP contribution in [0.3, 0.4) is 0 Å². The molecule has 0 saturated carbocycles. The molecule has 0 bridgehead atoms. The Morgan fingerprint density at radius 2 is 1.67 bits per heavy atom. The van der Waals surface area contributed by atoms with Crippen molar-refractivity contribution in [3.8, 4) is 0 Å². The third-order valence-electron chi connectivity index (χ3n) is 4.34. The number of hydrogen-bond acceptors (Lipinski definition) is 4. The van der Waals surface area contributed by atoms with Crippen molar-refractivity contribution in [2.45, 2.75) is 72.6 Å². The fraction of sp³-hybridized carbons (Fsp3) is 0.636. The molecular formula is C22H36O5. The molecular weight excluding hydrogens is 344 g/mol. The fourth-order valence-electron chi connectivity index (χ4n) is 2.73. The van der Waals surface area contributed by atoms with E-state index in [0.29, 0.717) is 12.8 Å². The molecule has 0 rings (SSSR count). The number of carbonyl (C=O) groups is 2. The van der Waals surface area contributed by atoms with Crippen LogP contribution in [-0.2, 0) is 14.3 Å². The summed E-state index contributed by atoms with van der Waals surface area (Å²) in [5.74, 6) is -1.40. The summed E-state index contributed by atoms with van der Waals surface area (Å²) in [7, 11) is 0. The molecule has 0 radical (unpaired) electrons. The van der Waals surface area contributed by atoms with E-state index in [0.717, 1.165) is 43.3 Å². The van der Waals surface area contributed by atoms with E-state index in [9.17, 15) is 14.7 Å². The highest BCUT2D eigenvalue weighted by molar-refractivity contribution is 5.69. The standard InChI is InChI=1S/C22H36O5/c1-17(2)8-5-12-21(22(25)26)13-7-11-20(16-27-19(4)24)10-6-9-18(3)14-15-23/h8,10,14,21,23H,5-7,9,11-13,15-16H2,1-4H3,(H,25,26)/b18-14+,20-10-/t21-/m0/s1. The van der Waals surface area contributed by atoms with E-state index < -0.39 is 5.97 Å². The van der Waals surface area contributed by atoms with Gasteiger partial charge in [-0.05, 0) is 71.3 Å². The van der Waals surface area contributed by atoms with Gasteiger partial charge in [0.05, 0.1) is 12.5 Å². The number of aliphatic hydroxyl groups excluding tert-OH is 1. The van der Waals surface area contributed by atoms with Crippen LogP contribution in [0.4, 0.5) is 0 Å². The summed E-state index contributed by atoms with van der Waals surface area (Å²) in [5.41, 5.74) is 3.34. The molecule has 0 fully saturated rings. The molecule has 0 aromatic heterocycles. The molecule has 0 aromatic rings. The number of allylic oxidation sites excluding steroid dienone is 4. The van der Waals surface area contributed by atoms with Gasteiger partial charge in [0, 0.05) is 6.92 Å². The minimum atomic E-state index is -0.743. The molecule has 1 atom stereocenters. The molecule has 27 heavy (non-hydrogen) atoms. The molecule has 0 spiro atoms. The van der Waals surface area contributed by atoms with Crippen molar-refractivity contribution in [2.75, 3.05) is 13.2 Å². The van der Waals surface area contributed by atoms with E-state index in [1.165, 1.54) is 12.5 Å². The number of esters is 1. The zero-order valence-electron chi connectivity index (χ0n) is 17.3. The lowest BCUT2D eigenvalue weighted by Gasteiger charge is -2.13. The molecule has 5 heteroatoms. The third-order valence-corrected chi connectivity index (χ3v) is 4.34. The number of aliphatic carboxylic acids is 1. The van der Waals surface area contributed by atoms with Gasteiger partial charge in [-0.3, -0.25) is 9.59 Å². The highest BCUT2D eigenvalue weighted by Crippen LogP contribution is 2.19. The van der Waals surface area contributed by atoms with Gasteiger partial charge in [0.2, 0.25) is 0 Å². The van der Waals surface area contributed by atoms with Crippen LogP contribution in [0, 0.1) is 5.92 Å². The minimum Gasteiger partial charge on any atom is -0.481 e. The third kappa shape index (κ3) is 14.9. The van der Waals surface area contributed by atoms with Crippen LogP contribution >= 0.6 is 0 Å². The number of ether oxygens (including phenoxy) is 1. The molecule has 0 saturated heterocycles. The van der Waals surface area contributed by atoms with Gasteiger partial charge in [-0.1, -0.05) is 29.4 Å². The Balaban J connectivity index is 4.61. The molecule has 0 aromatic carbocycles. The van der Waals surface area contributed by atoms with Gasteiger partial charge < -0.3 is 14.9 Å². The highest BCUT2D eigenvalue weighted by Gasteiger charge is 2.16. The lowest BCUT2D eigenvalue weighted by Crippen LogP contribution is -2.13. The number of rotatable bonds is 14. The van der Waals surface area contributed by atoms with Crippen LogP contribution in [0.15, 0.2) is 34.9 Å². The summed E-state index contributed by atoms with van der Waals surface area (Å²) in [5, 5.41) is 18.3. The Labute approximate surface area is 163 Å². The summed E-state index contributed by atoms with van der Waals surface area (Å²) in [4.78, 5) is 22.5. The van der Waals surface area contributed by atoms with Crippen LogP contribution in [0.1, 0.15) is 72.6 Å². The maximum Gasteiger partial charge on any atom is 0.306 e. The average molecular weight is 381 g/mol. The van der Waals surface area contributed by atoms with Crippen LogP contribution in [0.25, 0.3) is 0 Å². The van der Waals surface area contributed by atoms with Crippen molar-refractivity contribution in [2.24, 2.45) is 5.92 Å². The first-order valence-corrected chi connectivity index (χ1v) is 9.70. The van der Waals surface area contributed by atoms with E-state index in [2.05, 4.69) is 12.2 Å². The zero-order valence-corrected chi connectivity index (χ0v) is 17.3. The van der Waals surface area contributed by atoms with Gasteiger partial charge in [-0.25, -0.2) is 0 Å². The molecule has 2 N–H and O–H groups in total. The number of carboxylic acids is 1. The lowest BCUT2D eigenvalue weighted by atomic mass is 9.94. The van der Waals surface area contributed by atoms with Gasteiger partial charge in [-0.15, -0.1) is 0 Å². The maximum atomic E-state index is 11.4. The number of aliphatic hydroxyl groups is 1. The quantitative estimate of drug-likeness (QED) is 0.334. The number of carbonyl (C=O) groups excluding carboxylic acids is 1. The van der Waals surface area contributed by atoms with Crippen LogP contribution in [0.5, 0.6) is 0 Å². The van der Waals surface area contributed by atoms with Crippen molar-refractivity contribution in [1.29, 1.82) is 0 Å². The molecule has 0 aliphatic rings. The normalized spacial score (nSPS) is 13.2. The lowest BCUT2D eigenvalue weighted by molar-refractivity contribution is -0.142. The van der Waals surface area contributed by atoms with E-state index in [1.807, 2.05) is 20.8 Å². The van der Waals surface area contributed by atoms with Gasteiger partial charge in [0.15, 0.2) is 0 Å². The summed E-state index contributed by atoms with van der Waals surface area (Å²) < 4.78 is 5.12. The Kier molecular flexibility index (Phi) is 14.1. The number of hydrogen-bond donors (Lipinski definition) is 2. The number of carboxylic acid groups (broad SMARTS) is 1. The van der Waals surface area contributed by atoms with Crippen LogP contribution < -0.4 is 0 Å². The molecule has 0 aliphatic carbocycles. The van der Waals surface area contributed by atoms with Crippen molar-refractivity contribution in [3.63, 3.8) is 0 Å². The van der Waals surface area contributed by atoms with Crippen molar-refractivity contribution < 1.29 is 24.5 Å². The van der Waals surface area contributed by atoms with Gasteiger partial charge in [0.25, 0.3) is 0 Å². The second-order valence-corrected chi connectivity index (χ2v) is 7.20. The summed E-state index contributed by atoms with van der Waals surface area (Å²) in [6.07, 6.45) is 11.1. The van der Waals surface area contributed by atoms with Gasteiger partial charge >= 0.3 is 11.9 Å². The smallest absolute Gasteiger partial charge is 0.306 e. The first-order valence-electron chi connectivity index (χ1n) is 9.70. The molecule has 0 amide bonds. The van der Waals surface area contributed by atoms with Crippen LogP contribution in [-0.4, -0.2) is 35.4 Å². The molecule has 5 nitrogen and oxygen atoms in total. The van der Waals surface area contributed by atoms with E-state index in [-0.39, 0.29) is 25.1 Å². The van der Waals surface area contributed by atoms with Crippen molar-refractivity contribution >= 4 is 11.9 Å². The highest BCUT2D eigenvalue weighted by atomic mass is 16.5. The fourth-order valence-corrected chi connectivity index (χ4v) is 2.73. The predicted molar refractivity (Wildman–Crippen MR) is 108 cm³/mol. The second-order valence-electron chi connectivity index (χ2n) is 7.20. The second kappa shape index (κ2) is 15.2.